The molecule has 0 aliphatic rings. The molecule has 0 unspecified atom stereocenters. The van der Waals surface area contributed by atoms with E-state index in [4.69, 9.17) is 10.2 Å². The van der Waals surface area contributed by atoms with Gasteiger partial charge in [-0.15, -0.1) is 0 Å². The molecular formula is C20H37NaO4. The van der Waals surface area contributed by atoms with E-state index >= 15 is 0 Å². The molecule has 0 atom stereocenters. The Balaban J connectivity index is 0. The first-order chi connectivity index (χ1) is 12.0. The number of unbranched alkanes of at least 4 members (excludes halogenated alkanes) is 13. The largest absolute Gasteiger partial charge is 0.478 e. The number of carbonyl (C=O) groups is 2. The fourth-order valence-corrected chi connectivity index (χ4v) is 3.09. The van der Waals surface area contributed by atoms with E-state index in [9.17, 15) is 9.59 Å². The molecule has 0 heterocycles. The van der Waals surface area contributed by atoms with Crippen LogP contribution in [0.3, 0.4) is 0 Å². The summed E-state index contributed by atoms with van der Waals surface area (Å²) in [6.07, 6.45) is 21.8. The molecule has 0 bridgehead atoms. The van der Waals surface area contributed by atoms with Gasteiger partial charge >= 0.3 is 114 Å². The van der Waals surface area contributed by atoms with Gasteiger partial charge in [0.1, 0.15) is 0 Å². The van der Waals surface area contributed by atoms with Gasteiger partial charge < -0.3 is 10.2 Å². The number of carboxylic acids is 2. The molecule has 0 saturated carbocycles. The van der Waals surface area contributed by atoms with Crippen LogP contribution in [0.5, 0.6) is 0 Å². The maximum atomic E-state index is 9.55. The molecule has 0 aliphatic heterocycles. The Labute approximate surface area is 171 Å². The molecule has 142 valence electrons. The van der Waals surface area contributed by atoms with Crippen LogP contribution >= 0.6 is 0 Å². The first-order valence-electron chi connectivity index (χ1n) is 10.2. The van der Waals surface area contributed by atoms with E-state index in [1.165, 1.54) is 121 Å². The van der Waals surface area contributed by atoms with E-state index in [1.807, 2.05) is 0 Å². The fourth-order valence-electron chi connectivity index (χ4n) is 2.59. The van der Waals surface area contributed by atoms with Crippen LogP contribution in [0.4, 0.5) is 0 Å². The average molecular weight is 365 g/mol. The predicted octanol–water partition coefficient (Wildman–Crippen LogP) is 5.77. The van der Waals surface area contributed by atoms with E-state index in [0.29, 0.717) is 12.2 Å². The van der Waals surface area contributed by atoms with Crippen molar-refractivity contribution in [1.29, 1.82) is 0 Å². The Kier molecular flexibility index (Phi) is 25.5. The summed E-state index contributed by atoms with van der Waals surface area (Å²) in [7, 11) is 0. The van der Waals surface area contributed by atoms with Gasteiger partial charge in [0.05, 0.1) is 0 Å². The van der Waals surface area contributed by atoms with Crippen LogP contribution in [0, 0.1) is 0 Å². The van der Waals surface area contributed by atoms with Crippen molar-refractivity contribution in [2.24, 2.45) is 0 Å². The van der Waals surface area contributed by atoms with E-state index in [1.54, 1.807) is 0 Å². The van der Waals surface area contributed by atoms with Gasteiger partial charge in [-0.05, 0) is 0 Å². The zero-order valence-electron chi connectivity index (χ0n) is 16.5. The molecule has 0 rings (SSSR count). The third kappa shape index (κ3) is 31.9. The second-order valence-electron chi connectivity index (χ2n) is 6.61. The minimum Gasteiger partial charge on any atom is -0.478 e. The van der Waals surface area contributed by atoms with Crippen molar-refractivity contribution < 1.29 is 19.8 Å². The third-order valence-electron chi connectivity index (χ3n) is 4.08. The van der Waals surface area contributed by atoms with Crippen LogP contribution in [0.15, 0.2) is 12.2 Å². The Morgan fingerprint density at radius 3 is 1.16 bits per heavy atom. The van der Waals surface area contributed by atoms with Crippen molar-refractivity contribution >= 4 is 39.9 Å². The third-order valence-corrected chi connectivity index (χ3v) is 4.78. The van der Waals surface area contributed by atoms with Crippen molar-refractivity contribution in [1.82, 2.24) is 0 Å². The summed E-state index contributed by atoms with van der Waals surface area (Å²) < 4.78 is 1.51. The summed E-state index contributed by atoms with van der Waals surface area (Å²) in [6, 6.07) is 0. The summed E-state index contributed by atoms with van der Waals surface area (Å²) in [6.45, 7) is 2.29. The summed E-state index contributed by atoms with van der Waals surface area (Å²) in [5.41, 5.74) is 0. The number of hydrogen-bond donors (Lipinski definition) is 2. The van der Waals surface area contributed by atoms with Gasteiger partial charge in [0, 0.05) is 12.2 Å². The molecule has 0 aromatic carbocycles. The molecule has 0 fully saturated rings. The standard InChI is InChI=1S/C16H33.C4H4O4.Na/c1-3-5-7-9-11-13-15-16-14-12-10-8-6-4-2;5-3(6)1-2-4(7)8;/h1,3-16H2,2H3;1-2H,(H,5,6)(H,7,8);/b;2-1-;. The van der Waals surface area contributed by atoms with Crippen molar-refractivity contribution in [3.8, 4) is 0 Å². The van der Waals surface area contributed by atoms with Crippen LogP contribution in [0.1, 0.15) is 96.8 Å². The van der Waals surface area contributed by atoms with Crippen LogP contribution in [-0.4, -0.2) is 50.1 Å². The molecule has 5 heteroatoms. The van der Waals surface area contributed by atoms with Crippen molar-refractivity contribution in [2.45, 2.75) is 100 Å². The molecule has 0 radical (unpaired) electrons. The Hall–Kier alpha value is -0.320. The SMILES string of the molecule is CCCCCCCCCCCCCCC[CH2][Na].O=C(O)/C=C\C(=O)O. The Bertz CT molecular complexity index is 300. The molecule has 0 spiro atoms. The molecule has 0 amide bonds. The monoisotopic (exact) mass is 364 g/mol. The first kappa shape index (κ1) is 26.9. The van der Waals surface area contributed by atoms with Gasteiger partial charge in [-0.3, -0.25) is 0 Å². The zero-order valence-corrected chi connectivity index (χ0v) is 18.5. The van der Waals surface area contributed by atoms with Gasteiger partial charge in [0.2, 0.25) is 0 Å². The number of rotatable bonds is 16. The fraction of sp³-hybridized carbons (Fsp3) is 0.800. The zero-order chi connectivity index (χ0) is 19.2. The quantitative estimate of drug-likeness (QED) is 0.207. The second kappa shape index (κ2) is 23.7. The smallest absolute Gasteiger partial charge is 0.328 e. The van der Waals surface area contributed by atoms with Crippen molar-refractivity contribution in [3.05, 3.63) is 12.2 Å². The molecular weight excluding hydrogens is 327 g/mol. The van der Waals surface area contributed by atoms with Crippen LogP contribution in [0.25, 0.3) is 0 Å². The van der Waals surface area contributed by atoms with E-state index in [-0.39, 0.29) is 0 Å². The maximum Gasteiger partial charge on any atom is 0.328 e. The Morgan fingerprint density at radius 1 is 0.640 bits per heavy atom. The second-order valence-corrected chi connectivity index (χ2v) is 7.61. The molecule has 0 saturated heterocycles. The van der Waals surface area contributed by atoms with E-state index in [2.05, 4.69) is 6.92 Å². The Morgan fingerprint density at radius 2 is 0.920 bits per heavy atom. The summed E-state index contributed by atoms with van der Waals surface area (Å²) in [4.78, 5) is 19.1. The van der Waals surface area contributed by atoms with Gasteiger partial charge in [0.25, 0.3) is 0 Å². The van der Waals surface area contributed by atoms with Gasteiger partial charge in [0.15, 0.2) is 0 Å². The predicted molar refractivity (Wildman–Crippen MR) is 105 cm³/mol. The summed E-state index contributed by atoms with van der Waals surface area (Å²) in [5, 5.41) is 15.6. The summed E-state index contributed by atoms with van der Waals surface area (Å²) >= 11 is 1.41. The summed E-state index contributed by atoms with van der Waals surface area (Å²) in [5.74, 6) is -2.51. The number of hydrogen-bond acceptors (Lipinski definition) is 2. The van der Waals surface area contributed by atoms with Crippen LogP contribution < -0.4 is 0 Å². The van der Waals surface area contributed by atoms with E-state index in [0.717, 1.165) is 0 Å². The van der Waals surface area contributed by atoms with Gasteiger partial charge in [-0.2, -0.15) is 0 Å². The topological polar surface area (TPSA) is 74.6 Å². The molecule has 0 aromatic rings. The van der Waals surface area contributed by atoms with Gasteiger partial charge in [-0.1, -0.05) is 26.2 Å². The van der Waals surface area contributed by atoms with Crippen molar-refractivity contribution in [3.63, 3.8) is 0 Å². The normalized spacial score (nSPS) is 10.5. The molecule has 0 aliphatic carbocycles. The average Bonchev–Trinajstić information content (AvgIpc) is 2.58. The molecule has 25 heavy (non-hydrogen) atoms. The van der Waals surface area contributed by atoms with Crippen LogP contribution in [-0.2, 0) is 9.59 Å². The molecule has 0 aromatic heterocycles. The number of aliphatic carboxylic acids is 2. The molecule has 4 nitrogen and oxygen atoms in total. The van der Waals surface area contributed by atoms with E-state index < -0.39 is 11.9 Å². The number of carboxylic acid groups (broad SMARTS) is 2. The van der Waals surface area contributed by atoms with Crippen LogP contribution in [0.2, 0.25) is 3.67 Å². The minimum absolute atomic E-state index is 0.558. The maximum absolute atomic E-state index is 9.55. The minimum atomic E-state index is -1.26. The first-order valence-corrected chi connectivity index (χ1v) is 11.6. The molecule has 2 N–H and O–H groups in total. The van der Waals surface area contributed by atoms with Gasteiger partial charge in [-0.25, -0.2) is 9.59 Å². The van der Waals surface area contributed by atoms with Crippen molar-refractivity contribution in [2.75, 3.05) is 0 Å².